The number of nitrogens with zero attached hydrogens (tertiary/aromatic N) is 2. The molecule has 0 saturated heterocycles. The van der Waals surface area contributed by atoms with Crippen molar-refractivity contribution in [1.82, 2.24) is 9.78 Å². The van der Waals surface area contributed by atoms with Gasteiger partial charge >= 0.3 is 0 Å². The summed E-state index contributed by atoms with van der Waals surface area (Å²) in [5, 5.41) is 6.87. The van der Waals surface area contributed by atoms with Crippen molar-refractivity contribution >= 4 is 34.9 Å². The number of aromatic nitrogens is 2. The van der Waals surface area contributed by atoms with Gasteiger partial charge in [0, 0.05) is 11.1 Å². The molecule has 128 valence electrons. The molecule has 1 heterocycles. The predicted molar refractivity (Wildman–Crippen MR) is 88.2 cm³/mol. The highest BCUT2D eigenvalue weighted by atomic mass is 35.5. The van der Waals surface area contributed by atoms with Crippen LogP contribution in [0, 0.1) is 24.0 Å². The van der Waals surface area contributed by atoms with Gasteiger partial charge in [0.2, 0.25) is 5.91 Å². The molecular weight excluding hydrogens is 359 g/mol. The average molecular weight is 374 g/mol. The summed E-state index contributed by atoms with van der Waals surface area (Å²) >= 11 is 12.0. The van der Waals surface area contributed by atoms with Crippen LogP contribution in [-0.2, 0) is 11.3 Å². The summed E-state index contributed by atoms with van der Waals surface area (Å²) in [7, 11) is 0. The number of hydrogen-bond acceptors (Lipinski definition) is 2. The molecule has 1 atom stereocenters. The molecule has 4 nitrogen and oxygen atoms in total. The van der Waals surface area contributed by atoms with E-state index >= 15 is 0 Å². The van der Waals surface area contributed by atoms with Gasteiger partial charge in [-0.1, -0.05) is 0 Å². The Kier molecular flexibility index (Phi) is 4.08. The van der Waals surface area contributed by atoms with Crippen molar-refractivity contribution in [3.05, 3.63) is 47.2 Å². The highest BCUT2D eigenvalue weighted by Gasteiger charge is 2.68. The van der Waals surface area contributed by atoms with Crippen LogP contribution in [0.4, 0.5) is 14.6 Å². The fourth-order valence-corrected chi connectivity index (χ4v) is 3.19. The summed E-state index contributed by atoms with van der Waals surface area (Å²) in [6, 6.07) is 3.20. The second-order valence-electron chi connectivity index (χ2n) is 6.24. The maximum absolute atomic E-state index is 13.8. The normalized spacial score (nSPS) is 21.6. The van der Waals surface area contributed by atoms with Crippen LogP contribution in [-0.4, -0.2) is 20.0 Å². The minimum absolute atomic E-state index is 0.0172. The van der Waals surface area contributed by atoms with Gasteiger partial charge in [-0.05, 0) is 38.5 Å². The molecule has 8 heteroatoms. The lowest BCUT2D eigenvalue weighted by Gasteiger charge is -2.15. The number of benzene rings is 1. The summed E-state index contributed by atoms with van der Waals surface area (Å²) in [6.07, 6.45) is 1.89. The van der Waals surface area contributed by atoms with E-state index in [9.17, 15) is 13.6 Å². The third kappa shape index (κ3) is 2.89. The Morgan fingerprint density at radius 2 is 2.08 bits per heavy atom. The van der Waals surface area contributed by atoms with Crippen molar-refractivity contribution in [3.63, 3.8) is 0 Å². The molecule has 1 aliphatic carbocycles. The summed E-state index contributed by atoms with van der Waals surface area (Å²) in [5.74, 6) is -1.02. The number of alkyl halides is 2. The monoisotopic (exact) mass is 373 g/mol. The van der Waals surface area contributed by atoms with E-state index in [4.69, 9.17) is 23.2 Å². The first-order valence-electron chi connectivity index (χ1n) is 7.30. The molecule has 0 spiro atoms. The molecule has 2 aromatic rings. The highest BCUT2D eigenvalue weighted by Crippen LogP contribution is 2.64. The largest absolute Gasteiger partial charge is 0.310 e. The van der Waals surface area contributed by atoms with Crippen molar-refractivity contribution in [2.75, 3.05) is 5.32 Å². The summed E-state index contributed by atoms with van der Waals surface area (Å²) in [6.45, 7) is 3.41. The van der Waals surface area contributed by atoms with Gasteiger partial charge < -0.3 is 5.32 Å². The molecule has 1 aromatic heterocycles. The maximum Gasteiger partial charge on any atom is 0.234 e. The van der Waals surface area contributed by atoms with E-state index in [2.05, 4.69) is 10.4 Å². The molecule has 24 heavy (non-hydrogen) atoms. The van der Waals surface area contributed by atoms with Crippen molar-refractivity contribution < 1.29 is 13.6 Å². The number of anilines is 1. The number of carbonyl (C=O) groups is 1. The van der Waals surface area contributed by atoms with Gasteiger partial charge in [-0.2, -0.15) is 5.10 Å². The molecule has 1 saturated carbocycles. The van der Waals surface area contributed by atoms with E-state index in [1.807, 2.05) is 0 Å². The van der Waals surface area contributed by atoms with Crippen LogP contribution in [0.5, 0.6) is 0 Å². The number of aryl methyl sites for hydroxylation is 1. The highest BCUT2D eigenvalue weighted by molar-refractivity contribution is 6.53. The summed E-state index contributed by atoms with van der Waals surface area (Å²) < 4.78 is 27.5. The second-order valence-corrected chi connectivity index (χ2v) is 7.72. The number of halogens is 4. The SMILES string of the molecule is Cc1cnn(Cc2cc(F)ccc2F)c1NC(=O)[C@]1(C)CC1(Cl)Cl. The molecule has 0 unspecified atom stereocenters. The minimum Gasteiger partial charge on any atom is -0.310 e. The molecule has 1 N–H and O–H groups in total. The van der Waals surface area contributed by atoms with Gasteiger partial charge in [0.05, 0.1) is 18.2 Å². The Morgan fingerprint density at radius 3 is 2.71 bits per heavy atom. The summed E-state index contributed by atoms with van der Waals surface area (Å²) in [4.78, 5) is 12.4. The van der Waals surface area contributed by atoms with E-state index in [-0.39, 0.29) is 18.0 Å². The number of nitrogens with one attached hydrogen (secondary N) is 1. The molecule has 0 bridgehead atoms. The van der Waals surface area contributed by atoms with Crippen molar-refractivity contribution in [1.29, 1.82) is 0 Å². The molecule has 0 aliphatic heterocycles. The van der Waals surface area contributed by atoms with E-state index in [0.717, 1.165) is 18.2 Å². The Bertz CT molecular complexity index is 822. The van der Waals surface area contributed by atoms with E-state index in [0.29, 0.717) is 17.8 Å². The fraction of sp³-hybridized carbons (Fsp3) is 0.375. The maximum atomic E-state index is 13.8. The van der Waals surface area contributed by atoms with Gasteiger partial charge in [-0.25, -0.2) is 13.5 Å². The van der Waals surface area contributed by atoms with E-state index in [1.54, 1.807) is 13.8 Å². The Balaban J connectivity index is 1.85. The zero-order valence-electron chi connectivity index (χ0n) is 13.0. The topological polar surface area (TPSA) is 46.9 Å². The van der Waals surface area contributed by atoms with E-state index in [1.165, 1.54) is 10.9 Å². The predicted octanol–water partition coefficient (Wildman–Crippen LogP) is 4.04. The van der Waals surface area contributed by atoms with E-state index < -0.39 is 21.4 Å². The lowest BCUT2D eigenvalue weighted by Crippen LogP contribution is -2.27. The molecule has 3 rings (SSSR count). The lowest BCUT2D eigenvalue weighted by molar-refractivity contribution is -0.120. The number of amides is 1. The van der Waals surface area contributed by atoms with Gasteiger partial charge in [-0.3, -0.25) is 4.79 Å². The van der Waals surface area contributed by atoms with Crippen molar-refractivity contribution in [2.45, 2.75) is 31.1 Å². The van der Waals surface area contributed by atoms with Crippen molar-refractivity contribution in [3.8, 4) is 0 Å². The number of rotatable bonds is 4. The van der Waals surface area contributed by atoms with Gasteiger partial charge in [0.15, 0.2) is 0 Å². The number of hydrogen-bond donors (Lipinski definition) is 1. The first-order chi connectivity index (χ1) is 11.1. The smallest absolute Gasteiger partial charge is 0.234 e. The van der Waals surface area contributed by atoms with Crippen LogP contribution in [0.25, 0.3) is 0 Å². The van der Waals surface area contributed by atoms with Crippen molar-refractivity contribution in [2.24, 2.45) is 5.41 Å². The lowest BCUT2D eigenvalue weighted by atomic mass is 10.1. The third-order valence-corrected chi connectivity index (χ3v) is 5.44. The molecule has 0 radical (unpaired) electrons. The standard InChI is InChI=1S/C16H15Cl2F2N3O/c1-9-6-21-23(7-10-5-11(19)3-4-12(10)20)13(9)22-14(24)15(2)8-16(15,17)18/h3-6H,7-8H2,1-2H3,(H,22,24)/t15-/m0/s1. The molecule has 1 aromatic carbocycles. The second kappa shape index (κ2) is 5.70. The van der Waals surface area contributed by atoms with Crippen LogP contribution >= 0.6 is 23.2 Å². The molecule has 1 fully saturated rings. The van der Waals surface area contributed by atoms with Gasteiger partial charge in [0.1, 0.15) is 21.8 Å². The zero-order valence-corrected chi connectivity index (χ0v) is 14.6. The molecule has 1 aliphatic rings. The Hall–Kier alpha value is -1.66. The first-order valence-corrected chi connectivity index (χ1v) is 8.05. The zero-order chi connectivity index (χ0) is 17.7. The fourth-order valence-electron chi connectivity index (χ4n) is 2.48. The third-order valence-electron chi connectivity index (χ3n) is 4.34. The Morgan fingerprint density at radius 1 is 1.42 bits per heavy atom. The molecular formula is C16H15Cl2F2N3O. The first kappa shape index (κ1) is 17.2. The Labute approximate surface area is 147 Å². The van der Waals surface area contributed by atoms with Crippen LogP contribution < -0.4 is 5.32 Å². The minimum atomic E-state index is -1.09. The van der Waals surface area contributed by atoms with Crippen LogP contribution in [0.1, 0.15) is 24.5 Å². The quantitative estimate of drug-likeness (QED) is 0.822. The van der Waals surface area contributed by atoms with Crippen LogP contribution in [0.15, 0.2) is 24.4 Å². The van der Waals surface area contributed by atoms with Gasteiger partial charge in [0.25, 0.3) is 0 Å². The van der Waals surface area contributed by atoms with Crippen LogP contribution in [0.3, 0.4) is 0 Å². The average Bonchev–Trinajstić information content (AvgIpc) is 2.85. The molecule has 1 amide bonds. The number of carbonyl (C=O) groups excluding carboxylic acids is 1. The van der Waals surface area contributed by atoms with Gasteiger partial charge in [-0.15, -0.1) is 23.2 Å². The summed E-state index contributed by atoms with van der Waals surface area (Å²) in [5.41, 5.74) is -0.0590. The van der Waals surface area contributed by atoms with Crippen LogP contribution in [0.2, 0.25) is 0 Å².